The molecule has 34 heavy (non-hydrogen) atoms. The van der Waals surface area contributed by atoms with Crippen LogP contribution in [0.15, 0.2) is 59.5 Å². The van der Waals surface area contributed by atoms with Crippen LogP contribution in [0.5, 0.6) is 0 Å². The van der Waals surface area contributed by atoms with Gasteiger partial charge in [0.2, 0.25) is 5.91 Å². The third kappa shape index (κ3) is 8.22. The van der Waals surface area contributed by atoms with Crippen molar-refractivity contribution < 1.29 is 45.6 Å². The first-order valence-corrected chi connectivity index (χ1v) is 9.45. The molecule has 0 atom stereocenters. The maximum Gasteiger partial charge on any atom is 0.490 e. The maximum absolute atomic E-state index is 12.7. The van der Waals surface area contributed by atoms with Crippen LogP contribution in [0.2, 0.25) is 0 Å². The summed E-state index contributed by atoms with van der Waals surface area (Å²) in [5.41, 5.74) is 1.35. The molecule has 1 aromatic carbocycles. The number of pyridine rings is 1. The van der Waals surface area contributed by atoms with Crippen molar-refractivity contribution in [2.45, 2.75) is 31.7 Å². The molecule has 2 heterocycles. The number of carboxylic acid groups (broad SMARTS) is 1. The van der Waals surface area contributed by atoms with Gasteiger partial charge < -0.3 is 14.9 Å². The molecular formula is C21H17F6N3O4. The van der Waals surface area contributed by atoms with Crippen LogP contribution in [-0.4, -0.2) is 33.3 Å². The van der Waals surface area contributed by atoms with Gasteiger partial charge in [-0.3, -0.25) is 9.78 Å². The summed E-state index contributed by atoms with van der Waals surface area (Å²) in [4.78, 5) is 24.8. The maximum atomic E-state index is 12.7. The lowest BCUT2D eigenvalue weighted by atomic mass is 10.0. The molecule has 0 radical (unpaired) electrons. The average molecular weight is 489 g/mol. The van der Waals surface area contributed by atoms with Crippen molar-refractivity contribution in [1.29, 1.82) is 0 Å². The van der Waals surface area contributed by atoms with E-state index in [1.165, 1.54) is 18.3 Å². The molecule has 0 aliphatic rings. The number of carboxylic acids is 1. The van der Waals surface area contributed by atoms with Crippen LogP contribution in [-0.2, 0) is 28.7 Å². The second-order valence-corrected chi connectivity index (χ2v) is 6.69. The van der Waals surface area contributed by atoms with E-state index in [1.54, 1.807) is 12.4 Å². The third-order valence-corrected chi connectivity index (χ3v) is 4.22. The third-order valence-electron chi connectivity index (χ3n) is 4.22. The Morgan fingerprint density at radius 3 is 2.09 bits per heavy atom. The molecule has 0 aliphatic heterocycles. The van der Waals surface area contributed by atoms with E-state index in [4.69, 9.17) is 14.4 Å². The van der Waals surface area contributed by atoms with Gasteiger partial charge in [-0.15, -0.1) is 0 Å². The van der Waals surface area contributed by atoms with Crippen molar-refractivity contribution in [2.75, 3.05) is 0 Å². The molecule has 7 nitrogen and oxygen atoms in total. The number of hydrogen-bond donors (Lipinski definition) is 2. The Hall–Kier alpha value is -3.90. The fraction of sp³-hybridized carbons (Fsp3) is 0.238. The standard InChI is InChI=1S/C19H16F3N3O2.C2HF3O2/c20-19(21,22)16-4-1-14(2-5-16)18-15(12-25-27-18)3-6-17(26)24-11-13-7-9-23-10-8-13;3-2(4,5)1(6)7/h1-2,4-5,7-10,12H,3,6,11H2,(H,24,26);(H,6,7). The zero-order valence-corrected chi connectivity index (χ0v) is 17.2. The predicted octanol–water partition coefficient (Wildman–Crippen LogP) is 4.64. The Balaban J connectivity index is 0.000000509. The summed E-state index contributed by atoms with van der Waals surface area (Å²) in [6, 6.07) is 8.25. The number of aromatic nitrogens is 2. The molecular weight excluding hydrogens is 472 g/mol. The molecule has 0 unspecified atom stereocenters. The van der Waals surface area contributed by atoms with E-state index in [0.717, 1.165) is 17.7 Å². The number of nitrogens with one attached hydrogen (secondary N) is 1. The summed E-state index contributed by atoms with van der Waals surface area (Å²) in [6.45, 7) is 0.400. The highest BCUT2D eigenvalue weighted by atomic mass is 19.4. The normalized spacial score (nSPS) is 11.4. The van der Waals surface area contributed by atoms with Gasteiger partial charge in [0.05, 0.1) is 11.8 Å². The number of aliphatic carboxylic acids is 1. The highest BCUT2D eigenvalue weighted by Gasteiger charge is 2.38. The molecule has 0 saturated carbocycles. The van der Waals surface area contributed by atoms with Crippen molar-refractivity contribution in [1.82, 2.24) is 15.5 Å². The van der Waals surface area contributed by atoms with Crippen molar-refractivity contribution in [2.24, 2.45) is 0 Å². The van der Waals surface area contributed by atoms with Gasteiger partial charge in [-0.2, -0.15) is 26.3 Å². The largest absolute Gasteiger partial charge is 0.490 e. The summed E-state index contributed by atoms with van der Waals surface area (Å²) in [7, 11) is 0. The molecule has 2 aromatic heterocycles. The first-order valence-electron chi connectivity index (χ1n) is 9.45. The minimum absolute atomic E-state index is 0.147. The predicted molar refractivity (Wildman–Crippen MR) is 105 cm³/mol. The van der Waals surface area contributed by atoms with E-state index >= 15 is 0 Å². The second kappa shape index (κ2) is 11.3. The molecule has 0 spiro atoms. The fourth-order valence-corrected chi connectivity index (χ4v) is 2.52. The zero-order valence-electron chi connectivity index (χ0n) is 17.2. The second-order valence-electron chi connectivity index (χ2n) is 6.69. The monoisotopic (exact) mass is 489 g/mol. The minimum Gasteiger partial charge on any atom is -0.475 e. The summed E-state index contributed by atoms with van der Waals surface area (Å²) < 4.78 is 74.9. The van der Waals surface area contributed by atoms with Gasteiger partial charge in [-0.25, -0.2) is 4.79 Å². The van der Waals surface area contributed by atoms with Crippen molar-refractivity contribution >= 4 is 11.9 Å². The first-order chi connectivity index (χ1) is 15.9. The van der Waals surface area contributed by atoms with Crippen LogP contribution in [0.25, 0.3) is 11.3 Å². The van der Waals surface area contributed by atoms with E-state index in [2.05, 4.69) is 15.5 Å². The number of rotatable bonds is 6. The number of nitrogens with zero attached hydrogens (tertiary/aromatic N) is 2. The smallest absolute Gasteiger partial charge is 0.475 e. The van der Waals surface area contributed by atoms with Crippen LogP contribution in [0, 0.1) is 0 Å². The SMILES string of the molecule is O=C(CCc1cnoc1-c1ccc(C(F)(F)F)cc1)NCc1ccncc1.O=C(O)C(F)(F)F. The molecule has 2 N–H and O–H groups in total. The van der Waals surface area contributed by atoms with Gasteiger partial charge in [-0.1, -0.05) is 17.3 Å². The lowest BCUT2D eigenvalue weighted by Crippen LogP contribution is -2.23. The van der Waals surface area contributed by atoms with Gasteiger partial charge in [-0.05, 0) is 36.2 Å². The number of amides is 1. The fourth-order valence-electron chi connectivity index (χ4n) is 2.52. The summed E-state index contributed by atoms with van der Waals surface area (Å²) in [5, 5.41) is 13.6. The van der Waals surface area contributed by atoms with Crippen LogP contribution in [0.3, 0.4) is 0 Å². The van der Waals surface area contributed by atoms with E-state index in [-0.39, 0.29) is 12.3 Å². The minimum atomic E-state index is -5.08. The van der Waals surface area contributed by atoms with Gasteiger partial charge >= 0.3 is 18.3 Å². The number of carbonyl (C=O) groups is 2. The first kappa shape index (κ1) is 26.4. The average Bonchev–Trinajstić information content (AvgIpc) is 3.25. The quantitative estimate of drug-likeness (QED) is 0.489. The van der Waals surface area contributed by atoms with Gasteiger partial charge in [0, 0.05) is 36.5 Å². The van der Waals surface area contributed by atoms with Crippen molar-refractivity contribution in [3.05, 3.63) is 71.7 Å². The number of alkyl halides is 6. The van der Waals surface area contributed by atoms with Crippen LogP contribution in [0.4, 0.5) is 26.3 Å². The zero-order chi connectivity index (χ0) is 25.4. The Morgan fingerprint density at radius 2 is 1.56 bits per heavy atom. The summed E-state index contributed by atoms with van der Waals surface area (Å²) in [6.07, 6.45) is -4.13. The number of benzene rings is 1. The number of carbonyl (C=O) groups excluding carboxylic acids is 1. The molecule has 0 fully saturated rings. The number of aryl methyl sites for hydroxylation is 1. The highest BCUT2D eigenvalue weighted by molar-refractivity contribution is 5.76. The highest BCUT2D eigenvalue weighted by Crippen LogP contribution is 2.32. The van der Waals surface area contributed by atoms with Crippen molar-refractivity contribution in [3.63, 3.8) is 0 Å². The molecule has 1 amide bonds. The lowest BCUT2D eigenvalue weighted by Gasteiger charge is -2.07. The van der Waals surface area contributed by atoms with Crippen LogP contribution in [0.1, 0.15) is 23.1 Å². The molecule has 0 bridgehead atoms. The van der Waals surface area contributed by atoms with Gasteiger partial charge in [0.1, 0.15) is 0 Å². The molecule has 3 rings (SSSR count). The van der Waals surface area contributed by atoms with Gasteiger partial charge in [0.15, 0.2) is 5.76 Å². The molecule has 182 valence electrons. The number of hydrogen-bond acceptors (Lipinski definition) is 5. The molecule has 0 aliphatic carbocycles. The van der Waals surface area contributed by atoms with Crippen LogP contribution < -0.4 is 5.32 Å². The summed E-state index contributed by atoms with van der Waals surface area (Å²) >= 11 is 0. The molecule has 13 heteroatoms. The number of halogens is 6. The Labute approximate surface area is 188 Å². The van der Waals surface area contributed by atoms with Crippen LogP contribution >= 0.6 is 0 Å². The lowest BCUT2D eigenvalue weighted by molar-refractivity contribution is -0.192. The molecule has 0 saturated heterocycles. The van der Waals surface area contributed by atoms with E-state index in [0.29, 0.717) is 29.9 Å². The Morgan fingerprint density at radius 1 is 0.971 bits per heavy atom. The van der Waals surface area contributed by atoms with Crippen molar-refractivity contribution in [3.8, 4) is 11.3 Å². The topological polar surface area (TPSA) is 105 Å². The summed E-state index contributed by atoms with van der Waals surface area (Å²) in [5.74, 6) is -2.54. The van der Waals surface area contributed by atoms with E-state index in [1.807, 2.05) is 12.1 Å². The molecule has 3 aromatic rings. The Kier molecular flexibility index (Phi) is 8.76. The Bertz CT molecular complexity index is 1080. The van der Waals surface area contributed by atoms with Gasteiger partial charge in [0.25, 0.3) is 0 Å². The van der Waals surface area contributed by atoms with E-state index in [9.17, 15) is 31.1 Å². The van der Waals surface area contributed by atoms with E-state index < -0.39 is 23.9 Å².